The minimum atomic E-state index is -0.634. The zero-order chi connectivity index (χ0) is 17.8. The summed E-state index contributed by atoms with van der Waals surface area (Å²) in [4.78, 5) is 12.3. The van der Waals surface area contributed by atoms with E-state index in [2.05, 4.69) is 21.6 Å². The van der Waals surface area contributed by atoms with E-state index in [9.17, 15) is 4.79 Å². The second kappa shape index (κ2) is 7.44. The van der Waals surface area contributed by atoms with Crippen molar-refractivity contribution in [2.45, 2.75) is 26.9 Å². The molecule has 3 aromatic rings. The van der Waals surface area contributed by atoms with Gasteiger partial charge in [-0.2, -0.15) is 0 Å². The van der Waals surface area contributed by atoms with Gasteiger partial charge in [0.05, 0.1) is 0 Å². The number of ether oxygens (including phenoxy) is 1. The van der Waals surface area contributed by atoms with Crippen LogP contribution in [-0.4, -0.2) is 22.2 Å². The van der Waals surface area contributed by atoms with Crippen LogP contribution in [0.25, 0.3) is 10.6 Å². The quantitative estimate of drug-likeness (QED) is 0.745. The largest absolute Gasteiger partial charge is 0.481 e. The highest BCUT2D eigenvalue weighted by atomic mass is 32.1. The molecule has 3 rings (SSSR count). The molecule has 1 amide bonds. The summed E-state index contributed by atoms with van der Waals surface area (Å²) in [6.45, 7) is 5.71. The number of aromatic nitrogens is 2. The fourth-order valence-electron chi connectivity index (χ4n) is 2.44. The lowest BCUT2D eigenvalue weighted by atomic mass is 10.1. The van der Waals surface area contributed by atoms with Gasteiger partial charge < -0.3 is 4.74 Å². The summed E-state index contributed by atoms with van der Waals surface area (Å²) in [6.07, 6.45) is -0.634. The number of amides is 1. The number of benzene rings is 2. The number of nitrogens with zero attached hydrogens (tertiary/aromatic N) is 2. The summed E-state index contributed by atoms with van der Waals surface area (Å²) in [7, 11) is 0. The third-order valence-electron chi connectivity index (χ3n) is 3.55. The molecule has 2 aromatic carbocycles. The van der Waals surface area contributed by atoms with Crippen LogP contribution in [0.15, 0.2) is 48.5 Å². The summed E-state index contributed by atoms with van der Waals surface area (Å²) in [5.74, 6) is 0.428. The van der Waals surface area contributed by atoms with Crippen LogP contribution in [0.1, 0.15) is 18.1 Å². The molecule has 0 unspecified atom stereocenters. The monoisotopic (exact) mass is 353 g/mol. The second-order valence-electron chi connectivity index (χ2n) is 5.85. The van der Waals surface area contributed by atoms with Gasteiger partial charge in [-0.05, 0) is 44.0 Å². The number of aryl methyl sites for hydroxylation is 2. The third kappa shape index (κ3) is 4.42. The number of carbonyl (C=O) groups is 1. The molecule has 0 bridgehead atoms. The molecule has 0 aliphatic rings. The van der Waals surface area contributed by atoms with Gasteiger partial charge in [-0.1, -0.05) is 47.7 Å². The van der Waals surface area contributed by atoms with Crippen LogP contribution >= 0.6 is 11.3 Å². The highest BCUT2D eigenvalue weighted by molar-refractivity contribution is 7.18. The van der Waals surface area contributed by atoms with Crippen LogP contribution in [0.4, 0.5) is 5.13 Å². The summed E-state index contributed by atoms with van der Waals surface area (Å²) in [5, 5.41) is 12.1. The van der Waals surface area contributed by atoms with Crippen molar-refractivity contribution in [3.8, 4) is 16.3 Å². The fraction of sp³-hybridized carbons (Fsp3) is 0.211. The zero-order valence-corrected chi connectivity index (χ0v) is 15.1. The van der Waals surface area contributed by atoms with Crippen LogP contribution in [0.3, 0.4) is 0 Å². The van der Waals surface area contributed by atoms with Crippen LogP contribution in [0.2, 0.25) is 0 Å². The van der Waals surface area contributed by atoms with Crippen molar-refractivity contribution in [2.75, 3.05) is 5.32 Å². The molecule has 1 aromatic heterocycles. The van der Waals surface area contributed by atoms with Crippen molar-refractivity contribution in [3.05, 3.63) is 59.7 Å². The molecule has 128 valence electrons. The van der Waals surface area contributed by atoms with Crippen LogP contribution in [0, 0.1) is 13.8 Å². The number of nitrogens with one attached hydrogen (secondary N) is 1. The van der Waals surface area contributed by atoms with E-state index in [1.54, 1.807) is 6.92 Å². The van der Waals surface area contributed by atoms with Gasteiger partial charge >= 0.3 is 0 Å². The Labute approximate surface area is 150 Å². The van der Waals surface area contributed by atoms with Crippen LogP contribution in [-0.2, 0) is 4.79 Å². The van der Waals surface area contributed by atoms with Crippen LogP contribution in [0.5, 0.6) is 5.75 Å². The first-order chi connectivity index (χ1) is 12.0. The van der Waals surface area contributed by atoms with Gasteiger partial charge in [-0.15, -0.1) is 10.2 Å². The third-order valence-corrected chi connectivity index (χ3v) is 4.44. The number of hydrogen-bond acceptors (Lipinski definition) is 5. The van der Waals surface area contributed by atoms with Gasteiger partial charge in [0.1, 0.15) is 10.8 Å². The Morgan fingerprint density at radius 2 is 1.76 bits per heavy atom. The average molecular weight is 353 g/mol. The van der Waals surface area contributed by atoms with E-state index in [-0.39, 0.29) is 5.91 Å². The molecule has 0 saturated heterocycles. The molecule has 6 heteroatoms. The lowest BCUT2D eigenvalue weighted by molar-refractivity contribution is -0.122. The van der Waals surface area contributed by atoms with Crippen molar-refractivity contribution < 1.29 is 9.53 Å². The first kappa shape index (κ1) is 17.1. The molecular formula is C19H19N3O2S. The van der Waals surface area contributed by atoms with E-state index in [1.165, 1.54) is 11.3 Å². The normalized spacial score (nSPS) is 11.8. The van der Waals surface area contributed by atoms with E-state index >= 15 is 0 Å². The SMILES string of the molecule is Cc1cc(C)cc(O[C@H](C)C(=O)Nc2nnc(-c3ccccc3)s2)c1. The predicted molar refractivity (Wildman–Crippen MR) is 100.0 cm³/mol. The van der Waals surface area contributed by atoms with E-state index in [0.717, 1.165) is 21.7 Å². The van der Waals surface area contributed by atoms with Gasteiger partial charge in [0.25, 0.3) is 5.91 Å². The van der Waals surface area contributed by atoms with Crippen molar-refractivity contribution in [1.82, 2.24) is 10.2 Å². The van der Waals surface area contributed by atoms with Crippen molar-refractivity contribution in [3.63, 3.8) is 0 Å². The molecule has 0 saturated carbocycles. The van der Waals surface area contributed by atoms with Crippen molar-refractivity contribution in [2.24, 2.45) is 0 Å². The number of hydrogen-bond donors (Lipinski definition) is 1. The Balaban J connectivity index is 1.64. The maximum atomic E-state index is 12.3. The summed E-state index contributed by atoms with van der Waals surface area (Å²) >= 11 is 1.33. The zero-order valence-electron chi connectivity index (χ0n) is 14.3. The molecule has 0 spiro atoms. The molecule has 1 atom stereocenters. The summed E-state index contributed by atoms with van der Waals surface area (Å²) in [6, 6.07) is 15.6. The second-order valence-corrected chi connectivity index (χ2v) is 6.83. The van der Waals surface area contributed by atoms with Crippen molar-refractivity contribution >= 4 is 22.4 Å². The molecule has 25 heavy (non-hydrogen) atoms. The van der Waals surface area contributed by atoms with Gasteiger partial charge in [0.2, 0.25) is 5.13 Å². The summed E-state index contributed by atoms with van der Waals surface area (Å²) in [5.41, 5.74) is 3.17. The Hall–Kier alpha value is -2.73. The molecule has 1 heterocycles. The fourth-order valence-corrected chi connectivity index (χ4v) is 3.19. The smallest absolute Gasteiger partial charge is 0.266 e. The number of rotatable bonds is 5. The molecule has 0 fully saturated rings. The predicted octanol–water partition coefficient (Wildman–Crippen LogP) is 4.23. The Morgan fingerprint density at radius 3 is 2.44 bits per heavy atom. The van der Waals surface area contributed by atoms with Gasteiger partial charge in [-0.3, -0.25) is 10.1 Å². The standard InChI is InChI=1S/C19H19N3O2S/c1-12-9-13(2)11-16(10-12)24-14(3)17(23)20-19-22-21-18(25-19)15-7-5-4-6-8-15/h4-11,14H,1-3H3,(H,20,22,23)/t14-/m1/s1. The molecular weight excluding hydrogens is 334 g/mol. The lowest BCUT2D eigenvalue weighted by Crippen LogP contribution is -2.30. The maximum Gasteiger partial charge on any atom is 0.266 e. The minimum Gasteiger partial charge on any atom is -0.481 e. The Kier molecular flexibility index (Phi) is 5.09. The first-order valence-corrected chi connectivity index (χ1v) is 8.77. The van der Waals surface area contributed by atoms with Gasteiger partial charge in [0, 0.05) is 5.56 Å². The number of carbonyl (C=O) groups excluding carboxylic acids is 1. The van der Waals surface area contributed by atoms with E-state index in [1.807, 2.05) is 56.3 Å². The lowest BCUT2D eigenvalue weighted by Gasteiger charge is -2.14. The topological polar surface area (TPSA) is 64.1 Å². The molecule has 5 nitrogen and oxygen atoms in total. The van der Waals surface area contributed by atoms with E-state index in [4.69, 9.17) is 4.74 Å². The molecule has 0 radical (unpaired) electrons. The minimum absolute atomic E-state index is 0.255. The molecule has 0 aliphatic carbocycles. The molecule has 0 aliphatic heterocycles. The van der Waals surface area contributed by atoms with Gasteiger partial charge in [0.15, 0.2) is 6.10 Å². The van der Waals surface area contributed by atoms with E-state index in [0.29, 0.717) is 10.9 Å². The first-order valence-electron chi connectivity index (χ1n) is 7.96. The van der Waals surface area contributed by atoms with Gasteiger partial charge in [-0.25, -0.2) is 0 Å². The maximum absolute atomic E-state index is 12.3. The van der Waals surface area contributed by atoms with Crippen molar-refractivity contribution in [1.29, 1.82) is 0 Å². The highest BCUT2D eigenvalue weighted by Crippen LogP contribution is 2.26. The molecule has 1 N–H and O–H groups in total. The highest BCUT2D eigenvalue weighted by Gasteiger charge is 2.17. The van der Waals surface area contributed by atoms with Crippen LogP contribution < -0.4 is 10.1 Å². The Morgan fingerprint density at radius 1 is 1.08 bits per heavy atom. The average Bonchev–Trinajstić information content (AvgIpc) is 3.03. The summed E-state index contributed by atoms with van der Waals surface area (Å²) < 4.78 is 5.75. The van der Waals surface area contributed by atoms with E-state index < -0.39 is 6.10 Å². The number of anilines is 1. The Bertz CT molecular complexity index is 857.